The van der Waals surface area contributed by atoms with E-state index in [0.717, 1.165) is 5.69 Å². The van der Waals surface area contributed by atoms with Crippen molar-refractivity contribution in [3.63, 3.8) is 0 Å². The van der Waals surface area contributed by atoms with E-state index in [1.54, 1.807) is 6.07 Å². The molecule has 2 rings (SSSR count). The summed E-state index contributed by atoms with van der Waals surface area (Å²) in [5, 5.41) is 1.08. The molecule has 0 saturated heterocycles. The molecule has 16 heavy (non-hydrogen) atoms. The fourth-order valence-corrected chi connectivity index (χ4v) is 2.68. The van der Waals surface area contributed by atoms with Crippen LogP contribution in [0.2, 0.25) is 10.0 Å². The van der Waals surface area contributed by atoms with Crippen LogP contribution in [-0.4, -0.2) is 13.1 Å². The Hall–Kier alpha value is -0.600. The Morgan fingerprint density at radius 2 is 1.75 bits per heavy atom. The van der Waals surface area contributed by atoms with E-state index in [4.69, 9.17) is 28.9 Å². The van der Waals surface area contributed by atoms with Crippen LogP contribution in [0.4, 0.5) is 11.4 Å². The summed E-state index contributed by atoms with van der Waals surface area (Å²) < 4.78 is 0. The van der Waals surface area contributed by atoms with E-state index >= 15 is 0 Å². The highest BCUT2D eigenvalue weighted by atomic mass is 35.5. The predicted molar refractivity (Wildman–Crippen MR) is 71.5 cm³/mol. The topological polar surface area (TPSA) is 29.3 Å². The minimum absolute atomic E-state index is 0.516. The SMILES string of the molecule is CN(c1cc(Cl)c(Cl)cc1N)C1CCCC1. The lowest BCUT2D eigenvalue weighted by Gasteiger charge is -2.28. The van der Waals surface area contributed by atoms with Crippen LogP contribution in [0.25, 0.3) is 0 Å². The second-order valence-corrected chi connectivity index (χ2v) is 5.19. The van der Waals surface area contributed by atoms with Gasteiger partial charge < -0.3 is 10.6 Å². The lowest BCUT2D eigenvalue weighted by molar-refractivity contribution is 0.654. The minimum Gasteiger partial charge on any atom is -0.397 e. The van der Waals surface area contributed by atoms with E-state index in [1.165, 1.54) is 25.7 Å². The number of halogens is 2. The van der Waals surface area contributed by atoms with E-state index in [9.17, 15) is 0 Å². The molecule has 2 N–H and O–H groups in total. The smallest absolute Gasteiger partial charge is 0.0615 e. The van der Waals surface area contributed by atoms with Crippen LogP contribution in [0.1, 0.15) is 25.7 Å². The summed E-state index contributed by atoms with van der Waals surface area (Å²) in [4.78, 5) is 2.23. The average Bonchev–Trinajstić information content (AvgIpc) is 2.75. The zero-order valence-electron chi connectivity index (χ0n) is 9.34. The van der Waals surface area contributed by atoms with E-state index in [1.807, 2.05) is 6.07 Å². The summed E-state index contributed by atoms with van der Waals surface area (Å²) in [5.41, 5.74) is 7.66. The summed E-state index contributed by atoms with van der Waals surface area (Å²) in [6.07, 6.45) is 5.07. The molecule has 0 spiro atoms. The summed E-state index contributed by atoms with van der Waals surface area (Å²) in [6.45, 7) is 0. The van der Waals surface area contributed by atoms with Gasteiger partial charge in [-0.15, -0.1) is 0 Å². The first-order valence-electron chi connectivity index (χ1n) is 5.57. The van der Waals surface area contributed by atoms with Crippen molar-refractivity contribution in [2.24, 2.45) is 0 Å². The maximum absolute atomic E-state index is 6.02. The third-order valence-electron chi connectivity index (χ3n) is 3.32. The molecule has 0 amide bonds. The highest BCUT2D eigenvalue weighted by molar-refractivity contribution is 6.42. The molecule has 4 heteroatoms. The molecule has 0 atom stereocenters. The second-order valence-electron chi connectivity index (χ2n) is 4.37. The molecular formula is C12H16Cl2N2. The van der Waals surface area contributed by atoms with Crippen LogP contribution >= 0.6 is 23.2 Å². The zero-order valence-corrected chi connectivity index (χ0v) is 10.9. The number of nitrogens with two attached hydrogens (primary N) is 1. The first-order valence-corrected chi connectivity index (χ1v) is 6.32. The number of hydrogen-bond acceptors (Lipinski definition) is 2. The third-order valence-corrected chi connectivity index (χ3v) is 4.04. The van der Waals surface area contributed by atoms with Gasteiger partial charge in [-0.05, 0) is 25.0 Å². The van der Waals surface area contributed by atoms with Crippen molar-refractivity contribution >= 4 is 34.6 Å². The van der Waals surface area contributed by atoms with Crippen LogP contribution in [0.3, 0.4) is 0 Å². The Balaban J connectivity index is 2.28. The molecule has 0 aromatic heterocycles. The molecule has 1 aromatic rings. The Bertz CT molecular complexity index is 387. The predicted octanol–water partition coefficient (Wildman–Crippen LogP) is 3.95. The normalized spacial score (nSPS) is 16.7. The summed E-state index contributed by atoms with van der Waals surface area (Å²) in [6, 6.07) is 4.17. The highest BCUT2D eigenvalue weighted by Gasteiger charge is 2.21. The second kappa shape index (κ2) is 4.72. The standard InChI is InChI=1S/C12H16Cl2N2/c1-16(8-4-2-3-5-8)12-7-10(14)9(13)6-11(12)15/h6-8H,2-5,15H2,1H3. The number of nitrogen functional groups attached to an aromatic ring is 1. The van der Waals surface area contributed by atoms with E-state index < -0.39 is 0 Å². The van der Waals surface area contributed by atoms with Gasteiger partial charge in [0.25, 0.3) is 0 Å². The first kappa shape index (κ1) is 11.9. The van der Waals surface area contributed by atoms with Crippen LogP contribution in [0.15, 0.2) is 12.1 Å². The van der Waals surface area contributed by atoms with Gasteiger partial charge in [-0.3, -0.25) is 0 Å². The lowest BCUT2D eigenvalue weighted by atomic mass is 10.1. The number of rotatable bonds is 2. The van der Waals surface area contributed by atoms with Crippen LogP contribution in [-0.2, 0) is 0 Å². The van der Waals surface area contributed by atoms with Crippen LogP contribution in [0.5, 0.6) is 0 Å². The Morgan fingerprint density at radius 1 is 1.19 bits per heavy atom. The fraction of sp³-hybridized carbons (Fsp3) is 0.500. The quantitative estimate of drug-likeness (QED) is 0.814. The monoisotopic (exact) mass is 258 g/mol. The molecule has 0 unspecified atom stereocenters. The minimum atomic E-state index is 0.516. The van der Waals surface area contributed by atoms with Gasteiger partial charge in [-0.2, -0.15) is 0 Å². The van der Waals surface area contributed by atoms with Crippen molar-refractivity contribution in [3.05, 3.63) is 22.2 Å². The molecule has 0 aliphatic heterocycles. The Kier molecular flexibility index (Phi) is 3.50. The van der Waals surface area contributed by atoms with Crippen molar-refractivity contribution in [1.29, 1.82) is 0 Å². The summed E-state index contributed by atoms with van der Waals surface area (Å²) in [5.74, 6) is 0. The molecule has 1 saturated carbocycles. The van der Waals surface area contributed by atoms with Crippen molar-refractivity contribution < 1.29 is 0 Å². The molecule has 1 aliphatic rings. The van der Waals surface area contributed by atoms with Gasteiger partial charge in [0.05, 0.1) is 21.4 Å². The molecule has 0 bridgehead atoms. The molecule has 0 radical (unpaired) electrons. The summed E-state index contributed by atoms with van der Waals surface area (Å²) >= 11 is 11.9. The van der Waals surface area contributed by atoms with Gasteiger partial charge in [0, 0.05) is 13.1 Å². The average molecular weight is 259 g/mol. The highest BCUT2D eigenvalue weighted by Crippen LogP contribution is 2.35. The first-order chi connectivity index (χ1) is 7.59. The largest absolute Gasteiger partial charge is 0.397 e. The zero-order chi connectivity index (χ0) is 11.7. The number of hydrogen-bond donors (Lipinski definition) is 1. The van der Waals surface area contributed by atoms with E-state index in [-0.39, 0.29) is 0 Å². The molecule has 1 fully saturated rings. The third kappa shape index (κ3) is 2.23. The molecule has 1 aromatic carbocycles. The maximum atomic E-state index is 6.02. The van der Waals surface area contributed by atoms with Gasteiger partial charge in [-0.1, -0.05) is 36.0 Å². The maximum Gasteiger partial charge on any atom is 0.0615 e. The number of anilines is 2. The Labute approximate surface area is 106 Å². The Morgan fingerprint density at radius 3 is 2.38 bits per heavy atom. The van der Waals surface area contributed by atoms with Gasteiger partial charge in [0.1, 0.15) is 0 Å². The van der Waals surface area contributed by atoms with E-state index in [2.05, 4.69) is 11.9 Å². The number of benzene rings is 1. The fourth-order valence-electron chi connectivity index (χ4n) is 2.35. The van der Waals surface area contributed by atoms with Crippen molar-refractivity contribution in [1.82, 2.24) is 0 Å². The van der Waals surface area contributed by atoms with Gasteiger partial charge >= 0.3 is 0 Å². The molecular weight excluding hydrogens is 243 g/mol. The van der Waals surface area contributed by atoms with Crippen molar-refractivity contribution in [2.75, 3.05) is 17.7 Å². The lowest BCUT2D eigenvalue weighted by Crippen LogP contribution is -2.29. The van der Waals surface area contributed by atoms with Gasteiger partial charge in [0.15, 0.2) is 0 Å². The van der Waals surface area contributed by atoms with Gasteiger partial charge in [-0.25, -0.2) is 0 Å². The molecule has 88 valence electrons. The summed E-state index contributed by atoms with van der Waals surface area (Å²) in [7, 11) is 2.08. The molecule has 2 nitrogen and oxygen atoms in total. The molecule has 1 aliphatic carbocycles. The molecule has 0 heterocycles. The number of nitrogens with zero attached hydrogens (tertiary/aromatic N) is 1. The van der Waals surface area contributed by atoms with Crippen LogP contribution < -0.4 is 10.6 Å². The van der Waals surface area contributed by atoms with Gasteiger partial charge in [0.2, 0.25) is 0 Å². The van der Waals surface area contributed by atoms with Crippen molar-refractivity contribution in [3.8, 4) is 0 Å². The van der Waals surface area contributed by atoms with E-state index in [0.29, 0.717) is 21.8 Å². The van der Waals surface area contributed by atoms with Crippen molar-refractivity contribution in [2.45, 2.75) is 31.7 Å². The van der Waals surface area contributed by atoms with Crippen LogP contribution in [0, 0.1) is 0 Å².